The Morgan fingerprint density at radius 2 is 2.29 bits per heavy atom. The lowest BCUT2D eigenvalue weighted by Crippen LogP contribution is -2.11. The van der Waals surface area contributed by atoms with E-state index in [0.717, 1.165) is 31.3 Å². The van der Waals surface area contributed by atoms with E-state index in [9.17, 15) is 4.79 Å². The summed E-state index contributed by atoms with van der Waals surface area (Å²) in [7, 11) is 1.64. The fraction of sp³-hybridized carbons (Fsp3) is 0.727. The average Bonchev–Trinajstić information content (AvgIpc) is 2.25. The molecule has 14 heavy (non-hydrogen) atoms. The van der Waals surface area contributed by atoms with Crippen LogP contribution in [0.15, 0.2) is 11.6 Å². The minimum absolute atomic E-state index is 0.138. The second-order valence-corrected chi connectivity index (χ2v) is 3.46. The third-order valence-corrected chi connectivity index (χ3v) is 2.28. The Kier molecular flexibility index (Phi) is 5.30. The summed E-state index contributed by atoms with van der Waals surface area (Å²) in [5.41, 5.74) is 0.855. The molecule has 1 rings (SSSR count). The normalized spacial score (nSPS) is 16.2. The number of carbonyl (C=O) groups is 1. The second kappa shape index (κ2) is 6.60. The second-order valence-electron chi connectivity index (χ2n) is 3.46. The molecule has 0 aromatic heterocycles. The minimum atomic E-state index is -0.138. The summed E-state index contributed by atoms with van der Waals surface area (Å²) in [5.74, 6) is -0.138. The maximum Gasteiger partial charge on any atom is 0.333 e. The molecule has 0 saturated heterocycles. The number of methoxy groups -OCH3 is 1. The van der Waals surface area contributed by atoms with Crippen LogP contribution in [0.5, 0.6) is 0 Å². The van der Waals surface area contributed by atoms with E-state index in [-0.39, 0.29) is 5.97 Å². The zero-order valence-electron chi connectivity index (χ0n) is 8.75. The monoisotopic (exact) mass is 198 g/mol. The number of hydrogen-bond donors (Lipinski definition) is 0. The Bertz CT molecular complexity index is 209. The third-order valence-electron chi connectivity index (χ3n) is 2.28. The fourth-order valence-electron chi connectivity index (χ4n) is 1.48. The largest absolute Gasteiger partial charge is 0.462 e. The molecule has 1 aliphatic carbocycles. The van der Waals surface area contributed by atoms with Gasteiger partial charge in [-0.2, -0.15) is 0 Å². The van der Waals surface area contributed by atoms with Gasteiger partial charge in [0.15, 0.2) is 0 Å². The molecule has 0 radical (unpaired) electrons. The molecule has 0 saturated carbocycles. The first kappa shape index (κ1) is 11.2. The van der Waals surface area contributed by atoms with Gasteiger partial charge in [0.25, 0.3) is 0 Å². The zero-order valence-corrected chi connectivity index (χ0v) is 8.75. The van der Waals surface area contributed by atoms with Gasteiger partial charge in [-0.05, 0) is 25.7 Å². The molecule has 0 unspecified atom stereocenters. The molecular weight excluding hydrogens is 180 g/mol. The summed E-state index contributed by atoms with van der Waals surface area (Å²) >= 11 is 0. The van der Waals surface area contributed by atoms with Gasteiger partial charge < -0.3 is 9.47 Å². The van der Waals surface area contributed by atoms with Crippen LogP contribution in [0.4, 0.5) is 0 Å². The summed E-state index contributed by atoms with van der Waals surface area (Å²) in [6.45, 7) is 1.11. The van der Waals surface area contributed by atoms with E-state index in [1.165, 1.54) is 6.42 Å². The number of allylic oxidation sites excluding steroid dienone is 1. The van der Waals surface area contributed by atoms with Crippen molar-refractivity contribution in [2.75, 3.05) is 20.3 Å². The minimum Gasteiger partial charge on any atom is -0.462 e. The first-order chi connectivity index (χ1) is 6.84. The van der Waals surface area contributed by atoms with E-state index in [0.29, 0.717) is 13.2 Å². The van der Waals surface area contributed by atoms with Crippen molar-refractivity contribution in [1.82, 2.24) is 0 Å². The zero-order chi connectivity index (χ0) is 10.2. The molecule has 0 aromatic rings. The Morgan fingerprint density at radius 3 is 2.93 bits per heavy atom. The van der Waals surface area contributed by atoms with Crippen LogP contribution in [0.1, 0.15) is 32.1 Å². The van der Waals surface area contributed by atoms with Crippen molar-refractivity contribution in [3.05, 3.63) is 11.6 Å². The number of rotatable bonds is 5. The van der Waals surface area contributed by atoms with Gasteiger partial charge in [0.1, 0.15) is 0 Å². The van der Waals surface area contributed by atoms with E-state index in [2.05, 4.69) is 0 Å². The SMILES string of the molecule is COCCCOC(=O)C1=CCCCC1. The summed E-state index contributed by atoms with van der Waals surface area (Å²) in [4.78, 5) is 11.4. The van der Waals surface area contributed by atoms with Gasteiger partial charge in [-0.25, -0.2) is 4.79 Å². The van der Waals surface area contributed by atoms with Crippen LogP contribution in [-0.2, 0) is 14.3 Å². The van der Waals surface area contributed by atoms with Crippen molar-refractivity contribution in [2.24, 2.45) is 0 Å². The van der Waals surface area contributed by atoms with E-state index in [1.807, 2.05) is 6.08 Å². The molecule has 0 bridgehead atoms. The van der Waals surface area contributed by atoms with Gasteiger partial charge in [-0.1, -0.05) is 6.08 Å². The van der Waals surface area contributed by atoms with Crippen LogP contribution < -0.4 is 0 Å². The van der Waals surface area contributed by atoms with Crippen molar-refractivity contribution in [1.29, 1.82) is 0 Å². The molecule has 0 amide bonds. The third kappa shape index (κ3) is 3.92. The van der Waals surface area contributed by atoms with E-state index >= 15 is 0 Å². The maximum atomic E-state index is 11.4. The predicted molar refractivity (Wildman–Crippen MR) is 54.0 cm³/mol. The lowest BCUT2D eigenvalue weighted by atomic mass is 10.00. The van der Waals surface area contributed by atoms with Crippen LogP contribution in [-0.4, -0.2) is 26.3 Å². The molecular formula is C11H18O3. The lowest BCUT2D eigenvalue weighted by molar-refractivity contribution is -0.139. The maximum absolute atomic E-state index is 11.4. The van der Waals surface area contributed by atoms with Crippen molar-refractivity contribution in [3.63, 3.8) is 0 Å². The molecule has 80 valence electrons. The number of esters is 1. The highest BCUT2D eigenvalue weighted by molar-refractivity contribution is 5.88. The summed E-state index contributed by atoms with van der Waals surface area (Å²) in [5, 5.41) is 0. The average molecular weight is 198 g/mol. The van der Waals surface area contributed by atoms with Crippen molar-refractivity contribution < 1.29 is 14.3 Å². The predicted octanol–water partition coefficient (Wildman–Crippen LogP) is 2.07. The van der Waals surface area contributed by atoms with Crippen LogP contribution >= 0.6 is 0 Å². The first-order valence-corrected chi connectivity index (χ1v) is 5.19. The molecule has 0 N–H and O–H groups in total. The van der Waals surface area contributed by atoms with Crippen LogP contribution in [0.2, 0.25) is 0 Å². The van der Waals surface area contributed by atoms with Crippen molar-refractivity contribution in [3.8, 4) is 0 Å². The Labute approximate surface area is 85.1 Å². The molecule has 0 atom stereocenters. The molecule has 1 aliphatic rings. The highest BCUT2D eigenvalue weighted by atomic mass is 16.5. The summed E-state index contributed by atoms with van der Waals surface area (Å²) < 4.78 is 9.96. The summed E-state index contributed by atoms with van der Waals surface area (Å²) in [6.07, 6.45) is 6.97. The number of carbonyl (C=O) groups excluding carboxylic acids is 1. The quantitative estimate of drug-likeness (QED) is 0.501. The lowest BCUT2D eigenvalue weighted by Gasteiger charge is -2.11. The Balaban J connectivity index is 2.17. The van der Waals surface area contributed by atoms with E-state index in [4.69, 9.17) is 9.47 Å². The molecule has 0 aromatic carbocycles. The van der Waals surface area contributed by atoms with Gasteiger partial charge in [-0.3, -0.25) is 0 Å². The molecule has 0 aliphatic heterocycles. The molecule has 0 fully saturated rings. The molecule has 3 nitrogen and oxygen atoms in total. The number of ether oxygens (including phenoxy) is 2. The van der Waals surface area contributed by atoms with Crippen molar-refractivity contribution in [2.45, 2.75) is 32.1 Å². The van der Waals surface area contributed by atoms with Gasteiger partial charge in [-0.15, -0.1) is 0 Å². The van der Waals surface area contributed by atoms with E-state index in [1.54, 1.807) is 7.11 Å². The van der Waals surface area contributed by atoms with Crippen LogP contribution in [0.25, 0.3) is 0 Å². The summed E-state index contributed by atoms with van der Waals surface area (Å²) in [6, 6.07) is 0. The van der Waals surface area contributed by atoms with Crippen LogP contribution in [0, 0.1) is 0 Å². The molecule has 0 spiro atoms. The number of hydrogen-bond acceptors (Lipinski definition) is 3. The van der Waals surface area contributed by atoms with Crippen molar-refractivity contribution >= 4 is 5.97 Å². The van der Waals surface area contributed by atoms with Gasteiger partial charge >= 0.3 is 5.97 Å². The standard InChI is InChI=1S/C11H18O3/c1-13-8-5-9-14-11(12)10-6-3-2-4-7-10/h6H,2-5,7-9H2,1H3. The van der Waals surface area contributed by atoms with Gasteiger partial charge in [0, 0.05) is 25.7 Å². The molecule has 3 heteroatoms. The Hall–Kier alpha value is -0.830. The highest BCUT2D eigenvalue weighted by Crippen LogP contribution is 2.18. The van der Waals surface area contributed by atoms with E-state index < -0.39 is 0 Å². The first-order valence-electron chi connectivity index (χ1n) is 5.19. The van der Waals surface area contributed by atoms with Crippen LogP contribution in [0.3, 0.4) is 0 Å². The molecule has 0 heterocycles. The Morgan fingerprint density at radius 1 is 1.43 bits per heavy atom. The fourth-order valence-corrected chi connectivity index (χ4v) is 1.48. The smallest absolute Gasteiger partial charge is 0.333 e. The topological polar surface area (TPSA) is 35.5 Å². The van der Waals surface area contributed by atoms with Gasteiger partial charge in [0.2, 0.25) is 0 Å². The van der Waals surface area contributed by atoms with Gasteiger partial charge in [0.05, 0.1) is 6.61 Å². The highest BCUT2D eigenvalue weighted by Gasteiger charge is 2.12.